The lowest BCUT2D eigenvalue weighted by molar-refractivity contribution is -0.223. The number of fused-ring (bicyclic) bond motifs is 2. The molecular weight excluding hydrogens is 598 g/mol. The summed E-state index contributed by atoms with van der Waals surface area (Å²) in [5.74, 6) is 2.83. The summed E-state index contributed by atoms with van der Waals surface area (Å²) in [4.78, 5) is 5.47. The molecule has 7 nitrogen and oxygen atoms in total. The molecule has 3 aliphatic rings. The largest absolute Gasteiger partial charge is 0.460 e. The first-order valence-corrected chi connectivity index (χ1v) is 17.9. The van der Waals surface area contributed by atoms with Gasteiger partial charge in [0.2, 0.25) is 5.79 Å². The predicted molar refractivity (Wildman–Crippen MR) is 186 cm³/mol. The first kappa shape index (κ1) is 34.6. The van der Waals surface area contributed by atoms with E-state index < -0.39 is 5.79 Å². The highest BCUT2D eigenvalue weighted by Crippen LogP contribution is 2.62. The SMILES string of the molecule is C=CCO[C@@]12Oc3ccc(Oc4ccc(C)c(C)c4)cc3[C@H]3[C@H](CCCCO)[C@@H](CCCCO)C=C(C(=NOC)C[C@@H]1SCC)[C@H]32. The van der Waals surface area contributed by atoms with E-state index in [0.29, 0.717) is 13.0 Å². The Hall–Kier alpha value is -2.78. The fourth-order valence-corrected chi connectivity index (χ4v) is 8.94. The van der Waals surface area contributed by atoms with E-state index >= 15 is 0 Å². The molecule has 0 bridgehead atoms. The Bertz CT molecular complexity index is 1410. The molecule has 1 aliphatic heterocycles. The zero-order valence-electron chi connectivity index (χ0n) is 27.9. The molecule has 2 aliphatic carbocycles. The van der Waals surface area contributed by atoms with Crippen molar-refractivity contribution in [2.24, 2.45) is 22.9 Å². The minimum Gasteiger partial charge on any atom is -0.460 e. The minimum atomic E-state index is -0.924. The molecule has 0 spiro atoms. The molecule has 0 unspecified atom stereocenters. The van der Waals surface area contributed by atoms with Gasteiger partial charge in [-0.15, -0.1) is 6.58 Å². The van der Waals surface area contributed by atoms with Crippen LogP contribution in [0.25, 0.3) is 0 Å². The van der Waals surface area contributed by atoms with Crippen LogP contribution in [0.2, 0.25) is 0 Å². The molecule has 2 aromatic carbocycles. The smallest absolute Gasteiger partial charge is 0.230 e. The first-order chi connectivity index (χ1) is 22.4. The van der Waals surface area contributed by atoms with Crippen LogP contribution < -0.4 is 9.47 Å². The fourth-order valence-electron chi connectivity index (χ4n) is 7.76. The molecule has 46 heavy (non-hydrogen) atoms. The van der Waals surface area contributed by atoms with Crippen molar-refractivity contribution in [1.82, 2.24) is 0 Å². The van der Waals surface area contributed by atoms with Crippen molar-refractivity contribution in [3.05, 3.63) is 77.4 Å². The average molecular weight is 650 g/mol. The summed E-state index contributed by atoms with van der Waals surface area (Å²) in [6.45, 7) is 11.1. The van der Waals surface area contributed by atoms with Gasteiger partial charge in [-0.25, -0.2) is 0 Å². The van der Waals surface area contributed by atoms with Gasteiger partial charge in [0, 0.05) is 31.1 Å². The molecule has 1 heterocycles. The number of hydrogen-bond donors (Lipinski definition) is 2. The van der Waals surface area contributed by atoms with Gasteiger partial charge in [-0.2, -0.15) is 11.8 Å². The maximum Gasteiger partial charge on any atom is 0.230 e. The van der Waals surface area contributed by atoms with Crippen LogP contribution >= 0.6 is 11.8 Å². The van der Waals surface area contributed by atoms with E-state index in [1.807, 2.05) is 23.9 Å². The zero-order valence-corrected chi connectivity index (χ0v) is 28.7. The average Bonchev–Trinajstić information content (AvgIpc) is 3.05. The fraction of sp³-hybridized carbons (Fsp3) is 0.553. The van der Waals surface area contributed by atoms with Crippen LogP contribution in [0.4, 0.5) is 0 Å². The number of nitrogens with zero attached hydrogens (tertiary/aromatic N) is 1. The van der Waals surface area contributed by atoms with E-state index in [0.717, 1.165) is 78.4 Å². The van der Waals surface area contributed by atoms with Gasteiger partial charge in [-0.05, 0) is 104 Å². The van der Waals surface area contributed by atoms with E-state index in [-0.39, 0.29) is 42.1 Å². The van der Waals surface area contributed by atoms with E-state index in [1.165, 1.54) is 11.1 Å². The Morgan fingerprint density at radius 1 is 1.02 bits per heavy atom. The summed E-state index contributed by atoms with van der Waals surface area (Å²) >= 11 is 1.84. The number of ether oxygens (including phenoxy) is 3. The number of allylic oxidation sites excluding steroid dienone is 1. The zero-order chi connectivity index (χ0) is 32.7. The minimum absolute atomic E-state index is 0.0142. The lowest BCUT2D eigenvalue weighted by Crippen LogP contribution is -2.64. The van der Waals surface area contributed by atoms with Crippen LogP contribution in [-0.2, 0) is 9.57 Å². The highest BCUT2D eigenvalue weighted by atomic mass is 32.2. The molecule has 1 saturated carbocycles. The standard InChI is InChI=1S/C38H51NO6S/c1-6-20-43-38-35(46-7-2)24-33(39-42-5)31-22-27(12-8-10-18-40)30(13-9-11-19-41)36(37(31)38)32-23-29(16-17-34(32)45-38)44-28-15-14-25(3)26(4)21-28/h6,14-17,21-23,27,30,35-37,40-41H,1,7-13,18-20,24H2,2-5H3/t27-,30+,35-,36+,37+,38+/m0/s1. The molecule has 8 heteroatoms. The number of thioether (sulfide) groups is 1. The van der Waals surface area contributed by atoms with E-state index in [9.17, 15) is 10.2 Å². The molecule has 1 fully saturated rings. The van der Waals surface area contributed by atoms with E-state index in [2.05, 4.69) is 62.8 Å². The molecule has 2 aromatic rings. The van der Waals surface area contributed by atoms with Crippen LogP contribution in [0.1, 0.15) is 74.5 Å². The maximum atomic E-state index is 9.76. The second-order valence-electron chi connectivity index (χ2n) is 12.7. The van der Waals surface area contributed by atoms with E-state index in [4.69, 9.17) is 19.0 Å². The van der Waals surface area contributed by atoms with Crippen molar-refractivity contribution in [3.63, 3.8) is 0 Å². The van der Waals surface area contributed by atoms with Crippen LogP contribution in [0.15, 0.2) is 65.9 Å². The normalized spacial score (nSPS) is 27.3. The molecule has 6 atom stereocenters. The lowest BCUT2D eigenvalue weighted by Gasteiger charge is -2.58. The van der Waals surface area contributed by atoms with E-state index in [1.54, 1.807) is 13.2 Å². The first-order valence-electron chi connectivity index (χ1n) is 16.9. The van der Waals surface area contributed by atoms with Crippen molar-refractivity contribution >= 4 is 17.5 Å². The number of benzene rings is 2. The van der Waals surface area contributed by atoms with Gasteiger partial charge in [0.25, 0.3) is 0 Å². The second kappa shape index (κ2) is 15.9. The number of aliphatic hydroxyl groups excluding tert-OH is 2. The topological polar surface area (TPSA) is 89.7 Å². The molecule has 5 rings (SSSR count). The van der Waals surface area contributed by atoms with Crippen molar-refractivity contribution < 1.29 is 29.3 Å². The Balaban J connectivity index is 1.70. The van der Waals surface area contributed by atoms with Crippen molar-refractivity contribution in [2.75, 3.05) is 32.7 Å². The van der Waals surface area contributed by atoms with Crippen molar-refractivity contribution in [2.45, 2.75) is 82.7 Å². The van der Waals surface area contributed by atoms with Gasteiger partial charge in [0.15, 0.2) is 0 Å². The summed E-state index contributed by atoms with van der Waals surface area (Å²) < 4.78 is 20.5. The summed E-state index contributed by atoms with van der Waals surface area (Å²) in [5, 5.41) is 24.0. The van der Waals surface area contributed by atoms with Crippen LogP contribution in [0.3, 0.4) is 0 Å². The Labute approximate surface area is 279 Å². The van der Waals surface area contributed by atoms with Gasteiger partial charge in [-0.3, -0.25) is 0 Å². The van der Waals surface area contributed by atoms with Crippen molar-refractivity contribution in [3.8, 4) is 17.2 Å². The monoisotopic (exact) mass is 649 g/mol. The number of aliphatic hydroxyl groups is 2. The molecule has 0 radical (unpaired) electrons. The summed E-state index contributed by atoms with van der Waals surface area (Å²) in [6.07, 6.45) is 10.2. The highest BCUT2D eigenvalue weighted by molar-refractivity contribution is 8.00. The number of hydrogen-bond acceptors (Lipinski definition) is 8. The van der Waals surface area contributed by atoms with Crippen LogP contribution in [-0.4, -0.2) is 59.6 Å². The molecule has 250 valence electrons. The predicted octanol–water partition coefficient (Wildman–Crippen LogP) is 8.11. The third-order valence-electron chi connectivity index (χ3n) is 9.90. The van der Waals surface area contributed by atoms with Crippen molar-refractivity contribution in [1.29, 1.82) is 0 Å². The lowest BCUT2D eigenvalue weighted by atomic mass is 9.56. The van der Waals surface area contributed by atoms with Gasteiger partial charge in [0.05, 0.1) is 23.5 Å². The number of rotatable bonds is 16. The van der Waals surface area contributed by atoms with Crippen LogP contribution in [0, 0.1) is 31.6 Å². The van der Waals surface area contributed by atoms with Crippen LogP contribution in [0.5, 0.6) is 17.2 Å². The van der Waals surface area contributed by atoms with Gasteiger partial charge in [0.1, 0.15) is 24.4 Å². The number of aryl methyl sites for hydroxylation is 2. The molecule has 0 aromatic heterocycles. The molecule has 0 amide bonds. The van der Waals surface area contributed by atoms with Gasteiger partial charge < -0.3 is 29.3 Å². The second-order valence-corrected chi connectivity index (χ2v) is 14.2. The number of oxime groups is 1. The summed E-state index contributed by atoms with van der Waals surface area (Å²) in [6, 6.07) is 12.4. The molecule has 2 N–H and O–H groups in total. The third-order valence-corrected chi connectivity index (χ3v) is 11.1. The molecular formula is C38H51NO6S. The molecule has 0 saturated heterocycles. The quantitative estimate of drug-likeness (QED) is 0.108. The Kier molecular flexibility index (Phi) is 11.9. The number of unbranched alkanes of at least 4 members (excludes halogenated alkanes) is 2. The summed E-state index contributed by atoms with van der Waals surface area (Å²) in [7, 11) is 1.62. The highest BCUT2D eigenvalue weighted by Gasteiger charge is 2.63. The Morgan fingerprint density at radius 3 is 2.46 bits per heavy atom. The van der Waals surface area contributed by atoms with Gasteiger partial charge in [-0.1, -0.05) is 43.1 Å². The Morgan fingerprint density at radius 2 is 1.76 bits per heavy atom. The third kappa shape index (κ3) is 7.05. The maximum absolute atomic E-state index is 9.76. The van der Waals surface area contributed by atoms with Gasteiger partial charge >= 0.3 is 0 Å². The summed E-state index contributed by atoms with van der Waals surface area (Å²) in [5.41, 5.74) is 5.63.